The van der Waals surface area contributed by atoms with Gasteiger partial charge < -0.3 is 11.1 Å². The number of rotatable bonds is 5. The summed E-state index contributed by atoms with van der Waals surface area (Å²) in [5.41, 5.74) is 9.37. The first-order chi connectivity index (χ1) is 10.2. The third-order valence-electron chi connectivity index (χ3n) is 3.10. The highest BCUT2D eigenvalue weighted by Crippen LogP contribution is 2.12. The summed E-state index contributed by atoms with van der Waals surface area (Å²) in [6.07, 6.45) is 5.43. The van der Waals surface area contributed by atoms with Gasteiger partial charge >= 0.3 is 0 Å². The second-order valence-electron chi connectivity index (χ2n) is 4.94. The van der Waals surface area contributed by atoms with Crippen molar-refractivity contribution in [3.8, 4) is 0 Å². The largest absolute Gasteiger partial charge is 0.399 e. The lowest BCUT2D eigenvalue weighted by atomic mass is 10.1. The Morgan fingerprint density at radius 3 is 2.62 bits per heavy atom. The summed E-state index contributed by atoms with van der Waals surface area (Å²) in [7, 11) is 0. The second kappa shape index (κ2) is 7.29. The molecule has 0 aliphatic heterocycles. The molecule has 0 spiro atoms. The summed E-state index contributed by atoms with van der Waals surface area (Å²) in [4.78, 5) is 11.9. The van der Waals surface area contributed by atoms with E-state index in [-0.39, 0.29) is 5.91 Å². The van der Waals surface area contributed by atoms with Crippen LogP contribution in [0, 0.1) is 0 Å². The lowest BCUT2D eigenvalue weighted by Crippen LogP contribution is -2.07. The number of nitrogens with one attached hydrogen (secondary N) is 1. The van der Waals surface area contributed by atoms with Crippen LogP contribution < -0.4 is 11.1 Å². The van der Waals surface area contributed by atoms with Crippen LogP contribution in [-0.2, 0) is 11.2 Å². The van der Waals surface area contributed by atoms with Crippen molar-refractivity contribution >= 4 is 23.4 Å². The van der Waals surface area contributed by atoms with Crippen molar-refractivity contribution in [2.75, 3.05) is 11.1 Å². The van der Waals surface area contributed by atoms with Crippen molar-refractivity contribution in [3.05, 3.63) is 65.7 Å². The van der Waals surface area contributed by atoms with Crippen molar-refractivity contribution in [1.29, 1.82) is 0 Å². The maximum Gasteiger partial charge on any atom is 0.248 e. The Bertz CT molecular complexity index is 630. The molecule has 2 aromatic carbocycles. The summed E-state index contributed by atoms with van der Waals surface area (Å²) in [6.45, 7) is 2.15. The summed E-state index contributed by atoms with van der Waals surface area (Å²) < 4.78 is 0. The average molecular weight is 280 g/mol. The molecular weight excluding hydrogens is 260 g/mol. The molecule has 108 valence electrons. The van der Waals surface area contributed by atoms with E-state index in [0.717, 1.165) is 24.1 Å². The van der Waals surface area contributed by atoms with Gasteiger partial charge in [-0.2, -0.15) is 0 Å². The molecule has 3 nitrogen and oxygen atoms in total. The zero-order chi connectivity index (χ0) is 15.1. The summed E-state index contributed by atoms with van der Waals surface area (Å²) >= 11 is 0. The van der Waals surface area contributed by atoms with Crippen molar-refractivity contribution in [2.24, 2.45) is 0 Å². The van der Waals surface area contributed by atoms with E-state index in [4.69, 9.17) is 5.73 Å². The lowest BCUT2D eigenvalue weighted by Gasteiger charge is -2.04. The van der Waals surface area contributed by atoms with Gasteiger partial charge in [-0.1, -0.05) is 37.6 Å². The van der Waals surface area contributed by atoms with E-state index in [1.54, 1.807) is 6.08 Å². The average Bonchev–Trinajstić information content (AvgIpc) is 2.48. The second-order valence-corrected chi connectivity index (χ2v) is 4.94. The Hall–Kier alpha value is -2.55. The monoisotopic (exact) mass is 280 g/mol. The van der Waals surface area contributed by atoms with Crippen LogP contribution in [0.1, 0.15) is 24.5 Å². The molecule has 0 saturated heterocycles. The molecule has 0 radical (unpaired) electrons. The summed E-state index contributed by atoms with van der Waals surface area (Å²) in [5.74, 6) is -0.152. The molecule has 1 amide bonds. The van der Waals surface area contributed by atoms with Gasteiger partial charge in [0.05, 0.1) is 0 Å². The number of benzene rings is 2. The summed E-state index contributed by atoms with van der Waals surface area (Å²) in [5, 5.41) is 2.84. The van der Waals surface area contributed by atoms with Crippen LogP contribution in [0.3, 0.4) is 0 Å². The third-order valence-corrected chi connectivity index (χ3v) is 3.10. The summed E-state index contributed by atoms with van der Waals surface area (Å²) in [6, 6.07) is 15.3. The molecule has 0 saturated carbocycles. The van der Waals surface area contributed by atoms with E-state index < -0.39 is 0 Å². The predicted octanol–water partition coefficient (Wildman–Crippen LogP) is 3.87. The van der Waals surface area contributed by atoms with Crippen molar-refractivity contribution in [3.63, 3.8) is 0 Å². The molecule has 3 heteroatoms. The number of carbonyl (C=O) groups excluding carboxylic acids is 1. The highest BCUT2D eigenvalue weighted by Gasteiger charge is 1.98. The van der Waals surface area contributed by atoms with Gasteiger partial charge in [-0.05, 0) is 47.9 Å². The fourth-order valence-corrected chi connectivity index (χ4v) is 2.06. The number of anilines is 2. The zero-order valence-corrected chi connectivity index (χ0v) is 12.2. The quantitative estimate of drug-likeness (QED) is 0.645. The Kier molecular flexibility index (Phi) is 5.16. The maximum absolute atomic E-state index is 11.9. The van der Waals surface area contributed by atoms with Crippen LogP contribution in [0.25, 0.3) is 6.08 Å². The molecule has 0 fully saturated rings. The van der Waals surface area contributed by atoms with Gasteiger partial charge in [-0.3, -0.25) is 4.79 Å². The molecule has 2 aromatic rings. The fourth-order valence-electron chi connectivity index (χ4n) is 2.06. The van der Waals surface area contributed by atoms with Crippen LogP contribution in [0.4, 0.5) is 11.4 Å². The molecular formula is C18H20N2O. The Morgan fingerprint density at radius 2 is 1.95 bits per heavy atom. The molecule has 0 atom stereocenters. The zero-order valence-electron chi connectivity index (χ0n) is 12.2. The number of nitrogens with two attached hydrogens (primary N) is 1. The number of amides is 1. The molecule has 0 bridgehead atoms. The van der Waals surface area contributed by atoms with Crippen molar-refractivity contribution < 1.29 is 4.79 Å². The van der Waals surface area contributed by atoms with Crippen LogP contribution in [0.5, 0.6) is 0 Å². The number of hydrogen-bond donors (Lipinski definition) is 2. The van der Waals surface area contributed by atoms with Gasteiger partial charge in [0, 0.05) is 17.5 Å². The van der Waals surface area contributed by atoms with Gasteiger partial charge in [0.1, 0.15) is 0 Å². The topological polar surface area (TPSA) is 55.1 Å². The number of aryl methyl sites for hydroxylation is 1. The van der Waals surface area contributed by atoms with E-state index in [1.165, 1.54) is 11.6 Å². The fraction of sp³-hybridized carbons (Fsp3) is 0.167. The van der Waals surface area contributed by atoms with Crippen LogP contribution in [0.2, 0.25) is 0 Å². The molecule has 0 aliphatic rings. The molecule has 0 aromatic heterocycles. The molecule has 2 rings (SSSR count). The first-order valence-corrected chi connectivity index (χ1v) is 7.11. The Morgan fingerprint density at radius 1 is 1.19 bits per heavy atom. The molecule has 21 heavy (non-hydrogen) atoms. The molecule has 3 N–H and O–H groups in total. The number of nitrogen functional groups attached to an aromatic ring is 1. The van der Waals surface area contributed by atoms with E-state index >= 15 is 0 Å². The van der Waals surface area contributed by atoms with E-state index in [2.05, 4.69) is 12.2 Å². The van der Waals surface area contributed by atoms with Gasteiger partial charge in [-0.15, -0.1) is 0 Å². The van der Waals surface area contributed by atoms with Gasteiger partial charge in [-0.25, -0.2) is 0 Å². The van der Waals surface area contributed by atoms with Crippen LogP contribution in [0.15, 0.2) is 54.6 Å². The van der Waals surface area contributed by atoms with Crippen LogP contribution >= 0.6 is 0 Å². The highest BCUT2D eigenvalue weighted by molar-refractivity contribution is 6.01. The highest BCUT2D eigenvalue weighted by atomic mass is 16.1. The normalized spacial score (nSPS) is 10.7. The van der Waals surface area contributed by atoms with Gasteiger partial charge in [0.25, 0.3) is 0 Å². The minimum atomic E-state index is -0.152. The van der Waals surface area contributed by atoms with Gasteiger partial charge in [0.15, 0.2) is 0 Å². The van der Waals surface area contributed by atoms with E-state index in [9.17, 15) is 4.79 Å². The first kappa shape index (κ1) is 14.9. The standard InChI is InChI=1S/C18H20N2O/c1-2-4-14-7-10-17(11-8-14)20-18(21)12-9-15-5-3-6-16(19)13-15/h3,5-13H,2,4,19H2,1H3,(H,20,21)/b12-9+. The maximum atomic E-state index is 11.9. The van der Waals surface area contributed by atoms with E-state index in [0.29, 0.717) is 5.69 Å². The van der Waals surface area contributed by atoms with E-state index in [1.807, 2.05) is 48.5 Å². The Balaban J connectivity index is 1.95. The lowest BCUT2D eigenvalue weighted by molar-refractivity contribution is -0.111. The van der Waals surface area contributed by atoms with Gasteiger partial charge in [0.2, 0.25) is 5.91 Å². The minimum absolute atomic E-state index is 0.152. The molecule has 0 aliphatic carbocycles. The Labute approximate surface area is 125 Å². The number of hydrogen-bond acceptors (Lipinski definition) is 2. The predicted molar refractivity (Wildman–Crippen MR) is 89.0 cm³/mol. The first-order valence-electron chi connectivity index (χ1n) is 7.11. The van der Waals surface area contributed by atoms with Crippen molar-refractivity contribution in [1.82, 2.24) is 0 Å². The van der Waals surface area contributed by atoms with Crippen LogP contribution in [-0.4, -0.2) is 5.91 Å². The van der Waals surface area contributed by atoms with Crippen molar-refractivity contribution in [2.45, 2.75) is 19.8 Å². The third kappa shape index (κ3) is 4.80. The molecule has 0 unspecified atom stereocenters. The number of carbonyl (C=O) groups is 1. The SMILES string of the molecule is CCCc1ccc(NC(=O)/C=C/c2cccc(N)c2)cc1. The molecule has 0 heterocycles. The smallest absolute Gasteiger partial charge is 0.248 e. The minimum Gasteiger partial charge on any atom is -0.399 e.